The highest BCUT2D eigenvalue weighted by molar-refractivity contribution is 5.85. The third-order valence-electron chi connectivity index (χ3n) is 2.75. The molecule has 0 aliphatic rings. The van der Waals surface area contributed by atoms with E-state index in [9.17, 15) is 9.59 Å². The number of hydrogen-bond donors (Lipinski definition) is 2. The maximum Gasteiger partial charge on any atom is 0.239 e. The molecule has 4 nitrogen and oxygen atoms in total. The van der Waals surface area contributed by atoms with Crippen molar-refractivity contribution in [2.45, 2.75) is 33.1 Å². The topological polar surface area (TPSA) is 58.2 Å². The lowest BCUT2D eigenvalue weighted by Crippen LogP contribution is -2.37. The molecule has 0 spiro atoms. The van der Waals surface area contributed by atoms with E-state index in [0.29, 0.717) is 13.0 Å². The molecule has 0 aliphatic heterocycles. The lowest BCUT2D eigenvalue weighted by atomic mass is 10.1. The summed E-state index contributed by atoms with van der Waals surface area (Å²) in [7, 11) is 0. The zero-order valence-corrected chi connectivity index (χ0v) is 11.7. The van der Waals surface area contributed by atoms with Crippen molar-refractivity contribution in [2.75, 3.05) is 13.1 Å². The summed E-state index contributed by atoms with van der Waals surface area (Å²) in [5.74, 6) is -0.262. The predicted molar refractivity (Wildman–Crippen MR) is 75.8 cm³/mol. The van der Waals surface area contributed by atoms with E-state index >= 15 is 0 Å². The number of rotatable bonds is 7. The van der Waals surface area contributed by atoms with Crippen LogP contribution in [0.4, 0.5) is 0 Å². The van der Waals surface area contributed by atoms with Gasteiger partial charge in [0.1, 0.15) is 0 Å². The van der Waals surface area contributed by atoms with Gasteiger partial charge in [-0.25, -0.2) is 0 Å². The first-order valence-corrected chi connectivity index (χ1v) is 6.70. The van der Waals surface area contributed by atoms with Crippen molar-refractivity contribution in [1.29, 1.82) is 0 Å². The smallest absolute Gasteiger partial charge is 0.239 e. The summed E-state index contributed by atoms with van der Waals surface area (Å²) in [6.07, 6.45) is 2.31. The van der Waals surface area contributed by atoms with E-state index in [-0.39, 0.29) is 18.4 Å². The van der Waals surface area contributed by atoms with Gasteiger partial charge in [-0.1, -0.05) is 43.2 Å². The van der Waals surface area contributed by atoms with Crippen LogP contribution in [0, 0.1) is 6.92 Å². The van der Waals surface area contributed by atoms with Gasteiger partial charge in [-0.05, 0) is 18.9 Å². The van der Waals surface area contributed by atoms with Crippen LogP contribution < -0.4 is 10.6 Å². The zero-order valence-electron chi connectivity index (χ0n) is 11.7. The van der Waals surface area contributed by atoms with Gasteiger partial charge < -0.3 is 10.6 Å². The third-order valence-corrected chi connectivity index (χ3v) is 2.75. The highest BCUT2D eigenvalue weighted by Gasteiger charge is 2.06. The van der Waals surface area contributed by atoms with Crippen LogP contribution in [0.3, 0.4) is 0 Å². The van der Waals surface area contributed by atoms with Crippen LogP contribution in [0.1, 0.15) is 30.9 Å². The first kappa shape index (κ1) is 15.2. The van der Waals surface area contributed by atoms with Crippen LogP contribution in [0.5, 0.6) is 0 Å². The predicted octanol–water partition coefficient (Wildman–Crippen LogP) is 1.57. The molecule has 4 heteroatoms. The zero-order chi connectivity index (χ0) is 14.1. The quantitative estimate of drug-likeness (QED) is 0.733. The van der Waals surface area contributed by atoms with Crippen molar-refractivity contribution < 1.29 is 9.59 Å². The Balaban J connectivity index is 2.26. The van der Waals surface area contributed by atoms with Gasteiger partial charge in [-0.3, -0.25) is 9.59 Å². The lowest BCUT2D eigenvalue weighted by Gasteiger charge is -2.07. The molecule has 2 amide bonds. The Kier molecular flexibility index (Phi) is 6.64. The summed E-state index contributed by atoms with van der Waals surface area (Å²) in [5, 5.41) is 5.38. The van der Waals surface area contributed by atoms with Crippen LogP contribution in [0.25, 0.3) is 0 Å². The normalized spacial score (nSPS) is 10.0. The highest BCUT2D eigenvalue weighted by atomic mass is 16.2. The second kappa shape index (κ2) is 8.29. The molecule has 0 heterocycles. The first-order valence-electron chi connectivity index (χ1n) is 6.70. The molecule has 19 heavy (non-hydrogen) atoms. The molecule has 0 atom stereocenters. The Morgan fingerprint density at radius 1 is 1.16 bits per heavy atom. The molecule has 0 aliphatic carbocycles. The van der Waals surface area contributed by atoms with Crippen LogP contribution in [-0.4, -0.2) is 24.9 Å². The minimum absolute atomic E-state index is 0.0500. The number of nitrogens with one attached hydrogen (secondary N) is 2. The molecule has 1 rings (SSSR count). The molecule has 0 bridgehead atoms. The van der Waals surface area contributed by atoms with Gasteiger partial charge in [0.2, 0.25) is 11.8 Å². The Morgan fingerprint density at radius 3 is 2.63 bits per heavy atom. The summed E-state index contributed by atoms with van der Waals surface area (Å²) in [4.78, 5) is 23.1. The third kappa shape index (κ3) is 6.60. The lowest BCUT2D eigenvalue weighted by molar-refractivity contribution is -0.125. The average molecular weight is 262 g/mol. The Morgan fingerprint density at radius 2 is 1.95 bits per heavy atom. The molecule has 0 unspecified atom stereocenters. The van der Waals surface area contributed by atoms with E-state index in [1.807, 2.05) is 31.2 Å². The summed E-state index contributed by atoms with van der Waals surface area (Å²) >= 11 is 0. The fourth-order valence-electron chi connectivity index (χ4n) is 1.72. The van der Waals surface area contributed by atoms with E-state index in [4.69, 9.17) is 0 Å². The fourth-order valence-corrected chi connectivity index (χ4v) is 1.72. The van der Waals surface area contributed by atoms with E-state index < -0.39 is 0 Å². The van der Waals surface area contributed by atoms with E-state index in [1.54, 1.807) is 0 Å². The van der Waals surface area contributed by atoms with Gasteiger partial charge in [0.25, 0.3) is 0 Å². The molecule has 0 radical (unpaired) electrons. The van der Waals surface area contributed by atoms with Gasteiger partial charge in [0.05, 0.1) is 13.0 Å². The SMILES string of the molecule is CCCCNC(=O)CNC(=O)Cc1cccc(C)c1. The maximum absolute atomic E-state index is 11.7. The van der Waals surface area contributed by atoms with Gasteiger partial charge in [-0.2, -0.15) is 0 Å². The molecule has 0 saturated heterocycles. The van der Waals surface area contributed by atoms with Crippen molar-refractivity contribution in [3.63, 3.8) is 0 Å². The van der Waals surface area contributed by atoms with Crippen LogP contribution in [0.15, 0.2) is 24.3 Å². The van der Waals surface area contributed by atoms with Crippen LogP contribution >= 0.6 is 0 Å². The molecular weight excluding hydrogens is 240 g/mol. The Labute approximate surface area is 114 Å². The Bertz CT molecular complexity index is 430. The average Bonchev–Trinajstić information content (AvgIpc) is 2.37. The monoisotopic (exact) mass is 262 g/mol. The number of carbonyl (C=O) groups excluding carboxylic acids is 2. The standard InChI is InChI=1S/C15H22N2O2/c1-3-4-8-16-15(19)11-17-14(18)10-13-7-5-6-12(2)9-13/h5-7,9H,3-4,8,10-11H2,1-2H3,(H,16,19)(H,17,18). The molecule has 1 aromatic carbocycles. The van der Waals surface area contributed by atoms with Crippen molar-refractivity contribution in [3.8, 4) is 0 Å². The van der Waals surface area contributed by atoms with Crippen LogP contribution in [-0.2, 0) is 16.0 Å². The van der Waals surface area contributed by atoms with Gasteiger partial charge in [-0.15, -0.1) is 0 Å². The van der Waals surface area contributed by atoms with E-state index in [0.717, 1.165) is 24.0 Å². The van der Waals surface area contributed by atoms with Gasteiger partial charge >= 0.3 is 0 Å². The van der Waals surface area contributed by atoms with Gasteiger partial charge in [0.15, 0.2) is 0 Å². The molecule has 0 saturated carbocycles. The van der Waals surface area contributed by atoms with Crippen molar-refractivity contribution in [3.05, 3.63) is 35.4 Å². The molecule has 104 valence electrons. The number of amides is 2. The second-order valence-corrected chi connectivity index (χ2v) is 4.65. The number of benzene rings is 1. The van der Waals surface area contributed by atoms with Crippen molar-refractivity contribution in [2.24, 2.45) is 0 Å². The van der Waals surface area contributed by atoms with Crippen molar-refractivity contribution >= 4 is 11.8 Å². The van der Waals surface area contributed by atoms with Crippen molar-refractivity contribution in [1.82, 2.24) is 10.6 Å². The molecular formula is C15H22N2O2. The molecule has 1 aromatic rings. The van der Waals surface area contributed by atoms with E-state index in [2.05, 4.69) is 17.6 Å². The number of aryl methyl sites for hydroxylation is 1. The van der Waals surface area contributed by atoms with Crippen LogP contribution in [0.2, 0.25) is 0 Å². The summed E-state index contributed by atoms with van der Waals surface area (Å²) in [6, 6.07) is 7.80. The number of unbranched alkanes of at least 4 members (excludes halogenated alkanes) is 1. The minimum atomic E-state index is -0.133. The second-order valence-electron chi connectivity index (χ2n) is 4.65. The maximum atomic E-state index is 11.7. The largest absolute Gasteiger partial charge is 0.355 e. The van der Waals surface area contributed by atoms with E-state index in [1.165, 1.54) is 0 Å². The van der Waals surface area contributed by atoms with Gasteiger partial charge in [0, 0.05) is 6.54 Å². The Hall–Kier alpha value is -1.84. The number of hydrogen-bond acceptors (Lipinski definition) is 2. The molecule has 2 N–H and O–H groups in total. The fraction of sp³-hybridized carbons (Fsp3) is 0.467. The summed E-state index contributed by atoms with van der Waals surface area (Å²) in [5.41, 5.74) is 2.09. The summed E-state index contributed by atoms with van der Waals surface area (Å²) in [6.45, 7) is 4.77. The molecule has 0 fully saturated rings. The minimum Gasteiger partial charge on any atom is -0.355 e. The first-order chi connectivity index (χ1) is 9.11. The summed E-state index contributed by atoms with van der Waals surface area (Å²) < 4.78 is 0. The number of carbonyl (C=O) groups is 2. The highest BCUT2D eigenvalue weighted by Crippen LogP contribution is 2.04. The molecule has 0 aromatic heterocycles.